The minimum Gasteiger partial charge on any atom is -0.306 e. The Bertz CT molecular complexity index is 954. The van der Waals surface area contributed by atoms with Gasteiger partial charge in [0.2, 0.25) is 0 Å². The molecule has 0 amide bonds. The summed E-state index contributed by atoms with van der Waals surface area (Å²) in [6.45, 7) is 8.96. The Morgan fingerprint density at radius 3 is 0.941 bits per heavy atom. The van der Waals surface area contributed by atoms with Crippen LogP contribution in [0.4, 0.5) is 0 Å². The Labute approximate surface area is 205 Å². The summed E-state index contributed by atoms with van der Waals surface area (Å²) in [4.78, 5) is 4.59. The van der Waals surface area contributed by atoms with E-state index >= 15 is 0 Å². The van der Waals surface area contributed by atoms with Crippen LogP contribution in [0.1, 0.15) is 36.8 Å². The molecule has 0 aromatic heterocycles. The molecule has 8 nitrogen and oxygen atoms in total. The summed E-state index contributed by atoms with van der Waals surface area (Å²) in [6, 6.07) is 12.0. The molecular weight excluding hydrogens is 476 g/mol. The average molecular weight is 515 g/mol. The highest BCUT2D eigenvalue weighted by Gasteiger charge is 2.08. The summed E-state index contributed by atoms with van der Waals surface area (Å²) in [6.07, 6.45) is 5.65. The van der Waals surface area contributed by atoms with E-state index in [0.717, 1.165) is 11.1 Å². The molecule has 0 atom stereocenters. The second kappa shape index (κ2) is 14.6. The molecular formula is C24H38N2O6S2. The summed E-state index contributed by atoms with van der Waals surface area (Å²) >= 11 is 0. The molecule has 2 aliphatic heterocycles. The minimum absolute atomic E-state index is 0.0666. The van der Waals surface area contributed by atoms with Gasteiger partial charge in [0.05, 0.1) is 9.79 Å². The molecule has 34 heavy (non-hydrogen) atoms. The summed E-state index contributed by atoms with van der Waals surface area (Å²) in [7, 11) is -3.69. The molecule has 4 rings (SSSR count). The number of hydrogen-bond acceptors (Lipinski definition) is 6. The van der Waals surface area contributed by atoms with Crippen molar-refractivity contribution in [2.24, 2.45) is 0 Å². The second-order valence-corrected chi connectivity index (χ2v) is 11.4. The lowest BCUT2D eigenvalue weighted by Gasteiger charge is -2.01. The van der Waals surface area contributed by atoms with Gasteiger partial charge in [-0.2, -0.15) is 16.8 Å². The zero-order valence-electron chi connectivity index (χ0n) is 20.5. The molecule has 0 radical (unpaired) electrons. The Morgan fingerprint density at radius 1 is 0.559 bits per heavy atom. The maximum atomic E-state index is 10.5. The van der Waals surface area contributed by atoms with Crippen molar-refractivity contribution in [1.82, 2.24) is 9.80 Å². The molecule has 2 saturated heterocycles. The van der Waals surface area contributed by atoms with Crippen molar-refractivity contribution >= 4 is 20.2 Å². The molecule has 2 N–H and O–H groups in total. The lowest BCUT2D eigenvalue weighted by atomic mass is 10.2. The fourth-order valence-electron chi connectivity index (χ4n) is 3.17. The molecule has 0 saturated carbocycles. The quantitative estimate of drug-likeness (QED) is 0.580. The van der Waals surface area contributed by atoms with Gasteiger partial charge in [-0.3, -0.25) is 9.11 Å². The van der Waals surface area contributed by atoms with Crippen molar-refractivity contribution in [3.8, 4) is 0 Å². The third kappa shape index (κ3) is 13.2. The Balaban J connectivity index is 0.000000235. The normalized spacial score (nSPS) is 16.4. The molecule has 2 aromatic rings. The number of hydrogen-bond donors (Lipinski definition) is 2. The van der Waals surface area contributed by atoms with Crippen molar-refractivity contribution < 1.29 is 25.9 Å². The molecule has 2 fully saturated rings. The van der Waals surface area contributed by atoms with E-state index < -0.39 is 20.2 Å². The number of likely N-dealkylation sites (tertiary alicyclic amines) is 2. The minimum atomic E-state index is -4.02. The van der Waals surface area contributed by atoms with Crippen LogP contribution >= 0.6 is 0 Å². The van der Waals surface area contributed by atoms with Crippen LogP contribution in [0.25, 0.3) is 0 Å². The summed E-state index contributed by atoms with van der Waals surface area (Å²) in [5.41, 5.74) is 1.91. The highest BCUT2D eigenvalue weighted by atomic mass is 32.2. The Kier molecular flexibility index (Phi) is 12.9. The number of aryl methyl sites for hydroxylation is 2. The van der Waals surface area contributed by atoms with Gasteiger partial charge in [-0.15, -0.1) is 0 Å². The van der Waals surface area contributed by atoms with Crippen LogP contribution in [0.15, 0.2) is 58.3 Å². The smallest absolute Gasteiger partial charge is 0.294 e. The van der Waals surface area contributed by atoms with Crippen LogP contribution in [0.5, 0.6) is 0 Å². The van der Waals surface area contributed by atoms with Gasteiger partial charge in [0.15, 0.2) is 0 Å². The lowest BCUT2D eigenvalue weighted by Crippen LogP contribution is -2.10. The molecule has 2 aliphatic rings. The molecule has 2 aromatic carbocycles. The second-order valence-electron chi connectivity index (χ2n) is 8.60. The van der Waals surface area contributed by atoms with E-state index in [4.69, 9.17) is 9.11 Å². The van der Waals surface area contributed by atoms with Crippen molar-refractivity contribution in [2.45, 2.75) is 49.3 Å². The molecule has 2 heterocycles. The van der Waals surface area contributed by atoms with Crippen molar-refractivity contribution in [2.75, 3.05) is 40.3 Å². The van der Waals surface area contributed by atoms with E-state index in [2.05, 4.69) is 23.9 Å². The van der Waals surface area contributed by atoms with Gasteiger partial charge in [0.25, 0.3) is 20.2 Å². The van der Waals surface area contributed by atoms with E-state index in [-0.39, 0.29) is 9.79 Å². The molecule has 10 heteroatoms. The molecule has 0 bridgehead atoms. The Morgan fingerprint density at radius 2 is 0.794 bits per heavy atom. The standard InChI is InChI=1S/2C7H8O3S.2C5H11N/c2*1-6-2-4-7(5-3-6)11(8,9)10;2*1-6-4-2-3-5-6/h2*2-5H,1H3,(H,8,9,10);2*2-5H2,1H3. The van der Waals surface area contributed by atoms with Gasteiger partial charge in [0, 0.05) is 0 Å². The van der Waals surface area contributed by atoms with E-state index in [0.29, 0.717) is 0 Å². The van der Waals surface area contributed by atoms with Crippen LogP contribution in [-0.4, -0.2) is 76.0 Å². The van der Waals surface area contributed by atoms with Crippen LogP contribution < -0.4 is 0 Å². The first-order valence-electron chi connectivity index (χ1n) is 11.2. The van der Waals surface area contributed by atoms with Crippen molar-refractivity contribution in [3.63, 3.8) is 0 Å². The highest BCUT2D eigenvalue weighted by molar-refractivity contribution is 7.86. The summed E-state index contributed by atoms with van der Waals surface area (Å²) in [5, 5.41) is 0. The molecule has 0 unspecified atom stereocenters. The van der Waals surface area contributed by atoms with Crippen LogP contribution in [0.3, 0.4) is 0 Å². The van der Waals surface area contributed by atoms with E-state index in [1.54, 1.807) is 24.3 Å². The predicted octanol–water partition coefficient (Wildman–Crippen LogP) is 3.91. The van der Waals surface area contributed by atoms with Crippen LogP contribution in [0, 0.1) is 13.8 Å². The monoisotopic (exact) mass is 514 g/mol. The van der Waals surface area contributed by atoms with E-state index in [1.165, 1.54) is 76.1 Å². The van der Waals surface area contributed by atoms with Crippen molar-refractivity contribution in [3.05, 3.63) is 59.7 Å². The molecule has 0 spiro atoms. The molecule has 0 aliphatic carbocycles. The number of rotatable bonds is 2. The zero-order chi connectivity index (χ0) is 25.8. The first kappa shape index (κ1) is 30.2. The van der Waals surface area contributed by atoms with Gasteiger partial charge in [0.1, 0.15) is 0 Å². The van der Waals surface area contributed by atoms with Gasteiger partial charge < -0.3 is 9.80 Å². The van der Waals surface area contributed by atoms with E-state index in [9.17, 15) is 16.8 Å². The van der Waals surface area contributed by atoms with Gasteiger partial charge >= 0.3 is 0 Å². The van der Waals surface area contributed by atoms with Crippen LogP contribution in [-0.2, 0) is 20.2 Å². The maximum Gasteiger partial charge on any atom is 0.294 e. The maximum absolute atomic E-state index is 10.5. The predicted molar refractivity (Wildman–Crippen MR) is 135 cm³/mol. The number of benzene rings is 2. The largest absolute Gasteiger partial charge is 0.306 e. The van der Waals surface area contributed by atoms with Crippen molar-refractivity contribution in [1.29, 1.82) is 0 Å². The fraction of sp³-hybridized carbons (Fsp3) is 0.500. The topological polar surface area (TPSA) is 115 Å². The fourth-order valence-corrected chi connectivity index (χ4v) is 4.13. The molecule has 192 valence electrons. The first-order chi connectivity index (χ1) is 15.8. The van der Waals surface area contributed by atoms with Gasteiger partial charge in [-0.25, -0.2) is 0 Å². The summed E-state index contributed by atoms with van der Waals surface area (Å²) in [5.74, 6) is 0. The SMILES string of the molecule is CN1CCCC1.CN1CCCC1.Cc1ccc(S(=O)(=O)O)cc1.Cc1ccc(S(=O)(=O)O)cc1. The van der Waals surface area contributed by atoms with Gasteiger partial charge in [-0.1, -0.05) is 35.4 Å². The average Bonchev–Trinajstić information content (AvgIpc) is 3.42. The first-order valence-corrected chi connectivity index (χ1v) is 14.1. The number of nitrogens with zero attached hydrogens (tertiary/aromatic N) is 2. The van der Waals surface area contributed by atoms with Crippen LogP contribution in [0.2, 0.25) is 0 Å². The van der Waals surface area contributed by atoms with Gasteiger partial charge in [-0.05, 0) is 104 Å². The third-order valence-corrected chi connectivity index (χ3v) is 7.03. The van der Waals surface area contributed by atoms with E-state index in [1.807, 2.05) is 13.8 Å². The third-order valence-electron chi connectivity index (χ3n) is 5.30. The summed E-state index contributed by atoms with van der Waals surface area (Å²) < 4.78 is 59.1. The zero-order valence-corrected chi connectivity index (χ0v) is 22.1. The lowest BCUT2D eigenvalue weighted by molar-refractivity contribution is 0.418. The highest BCUT2D eigenvalue weighted by Crippen LogP contribution is 2.09. The Hall–Kier alpha value is -1.82.